The average molecular weight is 259 g/mol. The molecular weight excluding hydrogens is 248 g/mol. The Morgan fingerprint density at radius 3 is 2.39 bits per heavy atom. The zero-order chi connectivity index (χ0) is 13.7. The first-order valence-electron chi connectivity index (χ1n) is 5.02. The van der Waals surface area contributed by atoms with E-state index in [9.17, 15) is 18.4 Å². The number of hydrogen-bond donors (Lipinski definition) is 3. The van der Waals surface area contributed by atoms with Crippen LogP contribution in [0.25, 0.3) is 0 Å². The van der Waals surface area contributed by atoms with Gasteiger partial charge >= 0.3 is 11.9 Å². The zero-order valence-electron chi connectivity index (χ0n) is 9.19. The summed E-state index contributed by atoms with van der Waals surface area (Å²) in [6.45, 7) is -0.0680. The minimum atomic E-state index is -1.32. The quantitative estimate of drug-likeness (QED) is 0.709. The van der Waals surface area contributed by atoms with Crippen LogP contribution in [0.5, 0.6) is 0 Å². The van der Waals surface area contributed by atoms with Gasteiger partial charge in [-0.25, -0.2) is 8.78 Å². The van der Waals surface area contributed by atoms with Crippen molar-refractivity contribution in [2.45, 2.75) is 19.0 Å². The van der Waals surface area contributed by atoms with E-state index >= 15 is 0 Å². The molecule has 1 aromatic rings. The van der Waals surface area contributed by atoms with Crippen molar-refractivity contribution in [3.8, 4) is 0 Å². The minimum absolute atomic E-state index is 0.0680. The van der Waals surface area contributed by atoms with E-state index in [-0.39, 0.29) is 6.54 Å². The fourth-order valence-electron chi connectivity index (χ4n) is 1.31. The van der Waals surface area contributed by atoms with E-state index in [1.54, 1.807) is 0 Å². The predicted octanol–water partition coefficient (Wildman–Crippen LogP) is 0.982. The smallest absolute Gasteiger partial charge is 0.321 e. The van der Waals surface area contributed by atoms with E-state index in [0.29, 0.717) is 5.56 Å². The molecule has 0 saturated heterocycles. The number of halogens is 2. The summed E-state index contributed by atoms with van der Waals surface area (Å²) >= 11 is 0. The number of benzene rings is 1. The summed E-state index contributed by atoms with van der Waals surface area (Å²) in [5, 5.41) is 19.7. The second kappa shape index (κ2) is 6.06. The lowest BCUT2D eigenvalue weighted by atomic mass is 10.1. The molecule has 0 bridgehead atoms. The van der Waals surface area contributed by atoms with Gasteiger partial charge in [0.1, 0.15) is 6.04 Å². The number of hydrogen-bond acceptors (Lipinski definition) is 3. The van der Waals surface area contributed by atoms with Crippen LogP contribution in [-0.4, -0.2) is 28.2 Å². The molecule has 1 aromatic carbocycles. The van der Waals surface area contributed by atoms with Gasteiger partial charge in [-0.15, -0.1) is 0 Å². The molecule has 1 atom stereocenters. The van der Waals surface area contributed by atoms with Crippen LogP contribution in [0.4, 0.5) is 8.78 Å². The molecule has 3 N–H and O–H groups in total. The third kappa shape index (κ3) is 4.10. The van der Waals surface area contributed by atoms with Crippen LogP contribution in [0.1, 0.15) is 12.0 Å². The lowest BCUT2D eigenvalue weighted by molar-refractivity contribution is -0.146. The van der Waals surface area contributed by atoms with Gasteiger partial charge in [0.05, 0.1) is 6.42 Å². The van der Waals surface area contributed by atoms with E-state index in [1.165, 1.54) is 6.07 Å². The Labute approximate surface area is 101 Å². The summed E-state index contributed by atoms with van der Waals surface area (Å²) in [6.07, 6.45) is -0.598. The van der Waals surface area contributed by atoms with Gasteiger partial charge in [-0.1, -0.05) is 6.07 Å². The Morgan fingerprint density at radius 1 is 1.22 bits per heavy atom. The zero-order valence-corrected chi connectivity index (χ0v) is 9.19. The Hall–Kier alpha value is -2.02. The van der Waals surface area contributed by atoms with Crippen LogP contribution in [0, 0.1) is 11.6 Å². The summed E-state index contributed by atoms with van der Waals surface area (Å²) in [5.74, 6) is -4.63. The molecule has 0 fully saturated rings. The van der Waals surface area contributed by atoms with Crippen molar-refractivity contribution in [3.05, 3.63) is 35.4 Å². The highest BCUT2D eigenvalue weighted by Crippen LogP contribution is 2.08. The molecule has 0 radical (unpaired) electrons. The van der Waals surface area contributed by atoms with Gasteiger partial charge in [-0.3, -0.25) is 14.9 Å². The lowest BCUT2D eigenvalue weighted by Gasteiger charge is -2.12. The number of carboxylic acid groups (broad SMARTS) is 2. The SMILES string of the molecule is O=C(O)CC(NCc1ccc(F)c(F)c1)C(=O)O. The topological polar surface area (TPSA) is 86.6 Å². The maximum Gasteiger partial charge on any atom is 0.321 e. The first-order chi connectivity index (χ1) is 8.40. The summed E-state index contributed by atoms with van der Waals surface area (Å²) in [5.41, 5.74) is 0.325. The summed E-state index contributed by atoms with van der Waals surface area (Å²) < 4.78 is 25.5. The summed E-state index contributed by atoms with van der Waals surface area (Å²) in [6, 6.07) is 1.84. The van der Waals surface area contributed by atoms with Crippen LogP contribution in [0.2, 0.25) is 0 Å². The summed E-state index contributed by atoms with van der Waals surface area (Å²) in [4.78, 5) is 21.1. The highest BCUT2D eigenvalue weighted by atomic mass is 19.2. The monoisotopic (exact) mass is 259 g/mol. The Kier molecular flexibility index (Phi) is 4.73. The summed E-state index contributed by atoms with van der Waals surface area (Å²) in [7, 11) is 0. The number of nitrogens with one attached hydrogen (secondary N) is 1. The van der Waals surface area contributed by atoms with Crippen molar-refractivity contribution in [3.63, 3.8) is 0 Å². The Bertz CT molecular complexity index is 464. The van der Waals surface area contributed by atoms with Crippen LogP contribution in [0.3, 0.4) is 0 Å². The van der Waals surface area contributed by atoms with Gasteiger partial charge in [0.25, 0.3) is 0 Å². The van der Waals surface area contributed by atoms with Gasteiger partial charge in [0.2, 0.25) is 0 Å². The van der Waals surface area contributed by atoms with Crippen molar-refractivity contribution in [1.29, 1.82) is 0 Å². The van der Waals surface area contributed by atoms with Crippen molar-refractivity contribution in [2.75, 3.05) is 0 Å². The van der Waals surface area contributed by atoms with Crippen molar-refractivity contribution < 1.29 is 28.6 Å². The molecular formula is C11H11F2NO4. The number of carbonyl (C=O) groups is 2. The molecule has 7 heteroatoms. The van der Waals surface area contributed by atoms with E-state index in [1.807, 2.05) is 0 Å². The molecule has 1 rings (SSSR count). The van der Waals surface area contributed by atoms with E-state index in [2.05, 4.69) is 5.32 Å². The predicted molar refractivity (Wildman–Crippen MR) is 56.9 cm³/mol. The highest BCUT2D eigenvalue weighted by Gasteiger charge is 2.20. The third-order valence-corrected chi connectivity index (χ3v) is 2.21. The van der Waals surface area contributed by atoms with Crippen molar-refractivity contribution in [2.24, 2.45) is 0 Å². The molecule has 0 saturated carbocycles. The Morgan fingerprint density at radius 2 is 1.89 bits per heavy atom. The fourth-order valence-corrected chi connectivity index (χ4v) is 1.31. The second-order valence-electron chi connectivity index (χ2n) is 3.62. The lowest BCUT2D eigenvalue weighted by Crippen LogP contribution is -2.38. The first-order valence-corrected chi connectivity index (χ1v) is 5.02. The molecule has 0 amide bonds. The van der Waals surface area contributed by atoms with Crippen LogP contribution >= 0.6 is 0 Å². The van der Waals surface area contributed by atoms with Gasteiger partial charge in [0, 0.05) is 6.54 Å². The van der Waals surface area contributed by atoms with Gasteiger partial charge in [-0.2, -0.15) is 0 Å². The maximum atomic E-state index is 12.9. The molecule has 98 valence electrons. The molecule has 0 aliphatic rings. The molecule has 5 nitrogen and oxygen atoms in total. The largest absolute Gasteiger partial charge is 0.481 e. The fraction of sp³-hybridized carbons (Fsp3) is 0.273. The number of carboxylic acids is 2. The average Bonchev–Trinajstić information content (AvgIpc) is 2.28. The number of rotatable bonds is 6. The van der Waals surface area contributed by atoms with Crippen LogP contribution in [-0.2, 0) is 16.1 Å². The van der Waals surface area contributed by atoms with Gasteiger partial charge < -0.3 is 10.2 Å². The number of aliphatic carboxylic acids is 2. The maximum absolute atomic E-state index is 12.9. The Balaban J connectivity index is 2.64. The standard InChI is InChI=1S/C11H11F2NO4/c12-7-2-1-6(3-8(7)13)5-14-9(11(17)18)4-10(15)16/h1-3,9,14H,4-5H2,(H,15,16)(H,17,18). The highest BCUT2D eigenvalue weighted by molar-refractivity contribution is 5.80. The molecule has 0 aromatic heterocycles. The molecule has 0 heterocycles. The molecule has 0 aliphatic carbocycles. The van der Waals surface area contributed by atoms with E-state index in [0.717, 1.165) is 12.1 Å². The molecule has 1 unspecified atom stereocenters. The van der Waals surface area contributed by atoms with Crippen LogP contribution in [0.15, 0.2) is 18.2 Å². The van der Waals surface area contributed by atoms with Crippen LogP contribution < -0.4 is 5.32 Å². The first kappa shape index (κ1) is 14.0. The third-order valence-electron chi connectivity index (χ3n) is 2.21. The molecule has 18 heavy (non-hydrogen) atoms. The normalized spacial score (nSPS) is 12.1. The van der Waals surface area contributed by atoms with Gasteiger partial charge in [-0.05, 0) is 17.7 Å². The van der Waals surface area contributed by atoms with Crippen molar-refractivity contribution >= 4 is 11.9 Å². The second-order valence-corrected chi connectivity index (χ2v) is 3.62. The molecule has 0 spiro atoms. The van der Waals surface area contributed by atoms with Gasteiger partial charge in [0.15, 0.2) is 11.6 Å². The molecule has 0 aliphatic heterocycles. The van der Waals surface area contributed by atoms with Crippen molar-refractivity contribution in [1.82, 2.24) is 5.32 Å². The van der Waals surface area contributed by atoms with E-state index in [4.69, 9.17) is 10.2 Å². The minimum Gasteiger partial charge on any atom is -0.481 e. The van der Waals surface area contributed by atoms with E-state index < -0.39 is 36.0 Å².